The highest BCUT2D eigenvalue weighted by molar-refractivity contribution is 7.99. The molecule has 1 atom stereocenters. The van der Waals surface area contributed by atoms with Gasteiger partial charge < -0.3 is 5.32 Å². The van der Waals surface area contributed by atoms with E-state index in [9.17, 15) is 0 Å². The number of thioether (sulfide) groups is 1. The fourth-order valence-corrected chi connectivity index (χ4v) is 3.63. The number of nitrogens with one attached hydrogen (secondary N) is 1. The largest absolute Gasteiger partial charge is 0.378 e. The van der Waals surface area contributed by atoms with Gasteiger partial charge >= 0.3 is 0 Å². The molecule has 1 unspecified atom stereocenters. The van der Waals surface area contributed by atoms with Gasteiger partial charge in [0.25, 0.3) is 0 Å². The number of benzene rings is 2. The number of nitrogens with zero attached hydrogens (tertiary/aromatic N) is 1. The minimum Gasteiger partial charge on any atom is -0.378 e. The van der Waals surface area contributed by atoms with Crippen LogP contribution in [0.4, 0.5) is 5.69 Å². The zero-order valence-corrected chi connectivity index (χ0v) is 12.0. The number of rotatable bonds is 3. The highest BCUT2D eigenvalue weighted by atomic mass is 32.2. The van der Waals surface area contributed by atoms with Gasteiger partial charge in [0.15, 0.2) is 0 Å². The third-order valence-corrected chi connectivity index (χ3v) is 4.66. The van der Waals surface area contributed by atoms with Gasteiger partial charge in [0, 0.05) is 16.3 Å². The Bertz CT molecular complexity index is 628. The number of anilines is 1. The summed E-state index contributed by atoms with van der Waals surface area (Å²) in [4.78, 5) is 1.39. The molecule has 0 aliphatic carbocycles. The number of hydrogen-bond donors (Lipinski definition) is 1. The van der Waals surface area contributed by atoms with E-state index in [2.05, 4.69) is 47.8 Å². The zero-order chi connectivity index (χ0) is 13.8. The molecule has 0 saturated heterocycles. The van der Waals surface area contributed by atoms with E-state index >= 15 is 0 Å². The molecule has 0 spiro atoms. The summed E-state index contributed by atoms with van der Waals surface area (Å²) in [6.45, 7) is 0. The van der Waals surface area contributed by atoms with Crippen molar-refractivity contribution in [1.29, 1.82) is 5.26 Å². The molecule has 1 aliphatic heterocycles. The van der Waals surface area contributed by atoms with Crippen molar-refractivity contribution in [3.05, 3.63) is 59.7 Å². The van der Waals surface area contributed by atoms with E-state index < -0.39 is 0 Å². The van der Waals surface area contributed by atoms with Crippen LogP contribution in [0, 0.1) is 11.3 Å². The molecule has 0 fully saturated rings. The first-order valence-electron chi connectivity index (χ1n) is 6.81. The van der Waals surface area contributed by atoms with Crippen LogP contribution >= 0.6 is 11.8 Å². The second kappa shape index (κ2) is 6.02. The first kappa shape index (κ1) is 13.1. The lowest BCUT2D eigenvalue weighted by atomic mass is 10.0. The molecule has 3 heteroatoms. The van der Waals surface area contributed by atoms with Crippen molar-refractivity contribution in [3.63, 3.8) is 0 Å². The van der Waals surface area contributed by atoms with E-state index in [1.165, 1.54) is 10.5 Å². The van der Waals surface area contributed by atoms with Gasteiger partial charge in [-0.2, -0.15) is 5.26 Å². The Morgan fingerprint density at radius 1 is 1.15 bits per heavy atom. The number of hydrogen-bond acceptors (Lipinski definition) is 3. The Balaban J connectivity index is 1.77. The van der Waals surface area contributed by atoms with Crippen molar-refractivity contribution in [2.24, 2.45) is 0 Å². The van der Waals surface area contributed by atoms with E-state index in [4.69, 9.17) is 5.26 Å². The van der Waals surface area contributed by atoms with Crippen LogP contribution in [0.1, 0.15) is 23.6 Å². The van der Waals surface area contributed by atoms with Gasteiger partial charge in [-0.15, -0.1) is 11.8 Å². The van der Waals surface area contributed by atoms with Crippen LogP contribution in [0.15, 0.2) is 53.4 Å². The summed E-state index contributed by atoms with van der Waals surface area (Å²) >= 11 is 1.94. The first-order valence-corrected chi connectivity index (χ1v) is 7.79. The van der Waals surface area contributed by atoms with Gasteiger partial charge in [0.1, 0.15) is 0 Å². The Morgan fingerprint density at radius 2 is 1.95 bits per heavy atom. The molecular formula is C17H16N2S. The van der Waals surface area contributed by atoms with Crippen LogP contribution in [-0.2, 0) is 6.42 Å². The van der Waals surface area contributed by atoms with Crippen LogP contribution in [0.25, 0.3) is 0 Å². The third-order valence-electron chi connectivity index (χ3n) is 3.54. The predicted octanol–water partition coefficient (Wildman–Crippen LogP) is 4.40. The highest BCUT2D eigenvalue weighted by Crippen LogP contribution is 2.37. The maximum Gasteiger partial charge on any atom is 0.0669 e. The normalized spacial score (nSPS) is 17.1. The SMILES string of the molecule is N#CCc1ccc(NC2CCSc3ccccc32)cc1. The van der Waals surface area contributed by atoms with E-state index in [-0.39, 0.29) is 0 Å². The molecule has 0 amide bonds. The van der Waals surface area contributed by atoms with Gasteiger partial charge in [0.05, 0.1) is 18.5 Å². The number of fused-ring (bicyclic) bond motifs is 1. The van der Waals surface area contributed by atoms with Crippen LogP contribution in [0.5, 0.6) is 0 Å². The molecule has 0 bridgehead atoms. The lowest BCUT2D eigenvalue weighted by Crippen LogP contribution is -2.15. The van der Waals surface area contributed by atoms with E-state index in [0.29, 0.717) is 12.5 Å². The van der Waals surface area contributed by atoms with E-state index in [1.54, 1.807) is 0 Å². The maximum atomic E-state index is 8.69. The molecule has 2 aromatic carbocycles. The smallest absolute Gasteiger partial charge is 0.0669 e. The average molecular weight is 280 g/mol. The van der Waals surface area contributed by atoms with Gasteiger partial charge in [0.2, 0.25) is 0 Å². The molecule has 20 heavy (non-hydrogen) atoms. The van der Waals surface area contributed by atoms with Crippen molar-refractivity contribution in [2.75, 3.05) is 11.1 Å². The molecule has 100 valence electrons. The second-order valence-electron chi connectivity index (χ2n) is 4.90. The van der Waals surface area contributed by atoms with Gasteiger partial charge in [-0.05, 0) is 35.7 Å². The topological polar surface area (TPSA) is 35.8 Å². The van der Waals surface area contributed by atoms with Crippen LogP contribution in [0.2, 0.25) is 0 Å². The molecule has 0 saturated carbocycles. The van der Waals surface area contributed by atoms with E-state index in [0.717, 1.165) is 23.4 Å². The molecule has 1 N–H and O–H groups in total. The fourth-order valence-electron chi connectivity index (χ4n) is 2.50. The standard InChI is InChI=1S/C17H16N2S/c18-11-9-13-5-7-14(8-6-13)19-16-10-12-20-17-4-2-1-3-15(16)17/h1-8,16,19H,9-10,12H2. The zero-order valence-electron chi connectivity index (χ0n) is 11.2. The van der Waals surface area contributed by atoms with Crippen molar-refractivity contribution in [2.45, 2.75) is 23.8 Å². The van der Waals surface area contributed by atoms with Crippen molar-refractivity contribution in [3.8, 4) is 6.07 Å². The quantitative estimate of drug-likeness (QED) is 0.905. The summed E-state index contributed by atoms with van der Waals surface area (Å²) in [5.74, 6) is 1.15. The molecule has 3 rings (SSSR count). The molecule has 2 aromatic rings. The van der Waals surface area contributed by atoms with E-state index in [1.807, 2.05) is 23.9 Å². The van der Waals surface area contributed by atoms with Crippen molar-refractivity contribution in [1.82, 2.24) is 0 Å². The summed E-state index contributed by atoms with van der Waals surface area (Å²) in [7, 11) is 0. The predicted molar refractivity (Wildman–Crippen MR) is 83.9 cm³/mol. The lowest BCUT2D eigenvalue weighted by Gasteiger charge is -2.26. The minimum absolute atomic E-state index is 0.384. The van der Waals surface area contributed by atoms with Crippen LogP contribution in [-0.4, -0.2) is 5.75 Å². The second-order valence-corrected chi connectivity index (χ2v) is 6.04. The van der Waals surface area contributed by atoms with Crippen LogP contribution in [0.3, 0.4) is 0 Å². The summed E-state index contributed by atoms with van der Waals surface area (Å²) in [6.07, 6.45) is 1.62. The fraction of sp³-hybridized carbons (Fsp3) is 0.235. The maximum absolute atomic E-state index is 8.69. The summed E-state index contributed by atoms with van der Waals surface area (Å²) in [6, 6.07) is 19.4. The van der Waals surface area contributed by atoms with Gasteiger partial charge in [-0.25, -0.2) is 0 Å². The molecule has 0 radical (unpaired) electrons. The minimum atomic E-state index is 0.384. The molecule has 2 nitrogen and oxygen atoms in total. The highest BCUT2D eigenvalue weighted by Gasteiger charge is 2.19. The van der Waals surface area contributed by atoms with Crippen molar-refractivity contribution >= 4 is 17.4 Å². The van der Waals surface area contributed by atoms with Gasteiger partial charge in [-0.1, -0.05) is 30.3 Å². The Hall–Kier alpha value is -1.92. The Labute approximate surface area is 123 Å². The van der Waals surface area contributed by atoms with Crippen LogP contribution < -0.4 is 5.32 Å². The van der Waals surface area contributed by atoms with Crippen molar-refractivity contribution < 1.29 is 0 Å². The summed E-state index contributed by atoms with van der Waals surface area (Å²) in [5, 5.41) is 12.3. The Kier molecular flexibility index (Phi) is 3.94. The summed E-state index contributed by atoms with van der Waals surface area (Å²) < 4.78 is 0. The lowest BCUT2D eigenvalue weighted by molar-refractivity contribution is 0.728. The third kappa shape index (κ3) is 2.81. The Morgan fingerprint density at radius 3 is 2.75 bits per heavy atom. The first-order chi connectivity index (χ1) is 9.86. The average Bonchev–Trinajstić information content (AvgIpc) is 2.50. The molecule has 1 aliphatic rings. The van der Waals surface area contributed by atoms with Gasteiger partial charge in [-0.3, -0.25) is 0 Å². The molecule has 1 heterocycles. The summed E-state index contributed by atoms with van der Waals surface area (Å²) in [5.41, 5.74) is 3.58. The number of nitriles is 1. The molecular weight excluding hydrogens is 264 g/mol. The monoisotopic (exact) mass is 280 g/mol. The molecule has 0 aromatic heterocycles.